The first kappa shape index (κ1) is 26.0. The highest BCUT2D eigenvalue weighted by molar-refractivity contribution is 6.22. The van der Waals surface area contributed by atoms with Crippen LogP contribution in [0.15, 0.2) is 72.8 Å². The van der Waals surface area contributed by atoms with Gasteiger partial charge in [-0.05, 0) is 53.6 Å². The van der Waals surface area contributed by atoms with E-state index in [-0.39, 0.29) is 29.8 Å². The fourth-order valence-corrected chi connectivity index (χ4v) is 5.21. The third kappa shape index (κ3) is 5.19. The number of carbonyl (C=O) groups excluding carboxylic acids is 2. The van der Waals surface area contributed by atoms with E-state index in [1.165, 1.54) is 36.4 Å². The molecule has 0 aromatic heterocycles. The minimum absolute atomic E-state index is 0.0938. The Hall–Kier alpha value is -3.63. The van der Waals surface area contributed by atoms with Gasteiger partial charge in [0.25, 0.3) is 5.91 Å². The van der Waals surface area contributed by atoms with E-state index in [0.29, 0.717) is 26.2 Å². The van der Waals surface area contributed by atoms with E-state index >= 15 is 0 Å². The Morgan fingerprint density at radius 3 is 1.84 bits per heavy atom. The Labute approximate surface area is 216 Å². The van der Waals surface area contributed by atoms with E-state index in [4.69, 9.17) is 0 Å². The van der Waals surface area contributed by atoms with Gasteiger partial charge < -0.3 is 0 Å². The average molecular weight is 530 g/mol. The lowest BCUT2D eigenvalue weighted by Gasteiger charge is -2.41. The Balaban J connectivity index is 1.32. The first-order valence-corrected chi connectivity index (χ1v) is 12.1. The lowest BCUT2D eigenvalue weighted by molar-refractivity contribution is -0.137. The summed E-state index contributed by atoms with van der Waals surface area (Å²) in [6.45, 7) is 1.86. The van der Waals surface area contributed by atoms with Crippen molar-refractivity contribution in [2.24, 2.45) is 0 Å². The number of hydrogen-bond acceptors (Lipinski definition) is 4. The van der Waals surface area contributed by atoms with E-state index in [9.17, 15) is 31.5 Å². The second-order valence-corrected chi connectivity index (χ2v) is 9.41. The summed E-state index contributed by atoms with van der Waals surface area (Å²) in [6, 6.07) is 15.4. The molecule has 2 aliphatic heterocycles. The van der Waals surface area contributed by atoms with E-state index in [1.807, 2.05) is 4.90 Å². The second-order valence-electron chi connectivity index (χ2n) is 9.41. The molecule has 2 heterocycles. The molecule has 1 atom stereocenters. The standard InChI is InChI=1S/C28H24F5N3O2/c29-21-8-4-18(5-9-21)26(19-6-10-22(30)11-7-19)35-14-12-34(13-15-35)24-17-25(37)36(27(24)38)23-3-1-2-20(16-23)28(31,32)33/h1-11,16,24,26H,12-15,17H2/t24-/m1/s1. The summed E-state index contributed by atoms with van der Waals surface area (Å²) < 4.78 is 66.7. The van der Waals surface area contributed by atoms with Crippen molar-refractivity contribution in [3.05, 3.63) is 101 Å². The van der Waals surface area contributed by atoms with Crippen LogP contribution in [0.25, 0.3) is 0 Å². The summed E-state index contributed by atoms with van der Waals surface area (Å²) in [6.07, 6.45) is -4.71. The van der Waals surface area contributed by atoms with Crippen LogP contribution in [-0.4, -0.2) is 53.8 Å². The normalized spacial score (nSPS) is 19.5. The number of alkyl halides is 3. The first-order valence-electron chi connectivity index (χ1n) is 12.1. The SMILES string of the molecule is O=C1C[C@@H](N2CCN(C(c3ccc(F)cc3)c3ccc(F)cc3)CC2)C(=O)N1c1cccc(C(F)(F)F)c1. The van der Waals surface area contributed by atoms with Crippen LogP contribution in [0.1, 0.15) is 29.2 Å². The number of carbonyl (C=O) groups is 2. The quantitative estimate of drug-likeness (QED) is 0.344. The van der Waals surface area contributed by atoms with Crippen molar-refractivity contribution in [1.82, 2.24) is 9.80 Å². The van der Waals surface area contributed by atoms with Gasteiger partial charge in [-0.1, -0.05) is 30.3 Å². The highest BCUT2D eigenvalue weighted by atomic mass is 19.4. The van der Waals surface area contributed by atoms with Crippen LogP contribution in [-0.2, 0) is 15.8 Å². The van der Waals surface area contributed by atoms with Crippen molar-refractivity contribution in [1.29, 1.82) is 0 Å². The van der Waals surface area contributed by atoms with E-state index in [0.717, 1.165) is 28.2 Å². The van der Waals surface area contributed by atoms with Crippen LogP contribution < -0.4 is 4.90 Å². The minimum atomic E-state index is -4.59. The lowest BCUT2D eigenvalue weighted by Crippen LogP contribution is -2.53. The van der Waals surface area contributed by atoms with Gasteiger partial charge >= 0.3 is 6.18 Å². The predicted molar refractivity (Wildman–Crippen MR) is 130 cm³/mol. The molecule has 198 valence electrons. The highest BCUT2D eigenvalue weighted by Gasteiger charge is 2.44. The third-order valence-corrected chi connectivity index (χ3v) is 7.08. The Morgan fingerprint density at radius 1 is 0.763 bits per heavy atom. The summed E-state index contributed by atoms with van der Waals surface area (Å²) in [5.41, 5.74) is 0.632. The zero-order valence-corrected chi connectivity index (χ0v) is 20.2. The molecular formula is C28H24F5N3O2. The van der Waals surface area contributed by atoms with Crippen LogP contribution in [0.4, 0.5) is 27.6 Å². The van der Waals surface area contributed by atoms with Crippen LogP contribution in [0.5, 0.6) is 0 Å². The number of halogens is 5. The molecule has 0 saturated carbocycles. The first-order chi connectivity index (χ1) is 18.1. The summed E-state index contributed by atoms with van der Waals surface area (Å²) in [4.78, 5) is 30.8. The molecule has 2 fully saturated rings. The van der Waals surface area contributed by atoms with Crippen molar-refractivity contribution < 1.29 is 31.5 Å². The molecule has 2 saturated heterocycles. The number of hydrogen-bond donors (Lipinski definition) is 0. The summed E-state index contributed by atoms with van der Waals surface area (Å²) in [7, 11) is 0. The number of nitrogens with zero attached hydrogens (tertiary/aromatic N) is 3. The van der Waals surface area contributed by atoms with Crippen LogP contribution in [0.3, 0.4) is 0 Å². The predicted octanol–water partition coefficient (Wildman–Crippen LogP) is 5.02. The molecule has 0 bridgehead atoms. The van der Waals surface area contributed by atoms with Gasteiger partial charge in [-0.2, -0.15) is 13.2 Å². The zero-order valence-electron chi connectivity index (χ0n) is 20.2. The molecular weight excluding hydrogens is 505 g/mol. The molecule has 38 heavy (non-hydrogen) atoms. The van der Waals surface area contributed by atoms with Gasteiger partial charge in [0.2, 0.25) is 5.91 Å². The van der Waals surface area contributed by atoms with E-state index < -0.39 is 29.6 Å². The highest BCUT2D eigenvalue weighted by Crippen LogP contribution is 2.35. The number of imide groups is 1. The molecule has 5 nitrogen and oxygen atoms in total. The van der Waals surface area contributed by atoms with Gasteiger partial charge in [0.15, 0.2) is 0 Å². The molecule has 2 aliphatic rings. The molecule has 3 aromatic carbocycles. The van der Waals surface area contributed by atoms with Crippen molar-refractivity contribution in [3.63, 3.8) is 0 Å². The fraction of sp³-hybridized carbons (Fsp3) is 0.286. The number of anilines is 1. The van der Waals surface area contributed by atoms with Crippen molar-refractivity contribution in [3.8, 4) is 0 Å². The van der Waals surface area contributed by atoms with Gasteiger partial charge in [-0.25, -0.2) is 13.7 Å². The number of amides is 2. The fourth-order valence-electron chi connectivity index (χ4n) is 5.21. The maximum atomic E-state index is 13.6. The number of benzene rings is 3. The monoisotopic (exact) mass is 529 g/mol. The van der Waals surface area contributed by atoms with Gasteiger partial charge in [-0.15, -0.1) is 0 Å². The second kappa shape index (κ2) is 10.3. The molecule has 0 aliphatic carbocycles. The van der Waals surface area contributed by atoms with E-state index in [1.54, 1.807) is 24.3 Å². The number of rotatable bonds is 5. The molecule has 2 amide bonds. The molecule has 5 rings (SSSR count). The lowest BCUT2D eigenvalue weighted by atomic mass is 9.96. The molecule has 10 heteroatoms. The van der Waals surface area contributed by atoms with Crippen LogP contribution >= 0.6 is 0 Å². The Bertz CT molecular complexity index is 1270. The van der Waals surface area contributed by atoms with Gasteiger partial charge in [0.05, 0.1) is 29.8 Å². The smallest absolute Gasteiger partial charge is 0.290 e. The average Bonchev–Trinajstić information content (AvgIpc) is 3.20. The van der Waals surface area contributed by atoms with Gasteiger partial charge in [-0.3, -0.25) is 19.4 Å². The largest absolute Gasteiger partial charge is 0.416 e. The van der Waals surface area contributed by atoms with Gasteiger partial charge in [0.1, 0.15) is 11.6 Å². The topological polar surface area (TPSA) is 43.9 Å². The molecule has 0 radical (unpaired) electrons. The minimum Gasteiger partial charge on any atom is -0.290 e. The van der Waals surface area contributed by atoms with Crippen LogP contribution in [0.2, 0.25) is 0 Å². The van der Waals surface area contributed by atoms with Crippen molar-refractivity contribution >= 4 is 17.5 Å². The van der Waals surface area contributed by atoms with Crippen LogP contribution in [0, 0.1) is 11.6 Å². The number of piperazine rings is 1. The summed E-state index contributed by atoms with van der Waals surface area (Å²) >= 11 is 0. The molecule has 0 N–H and O–H groups in total. The maximum absolute atomic E-state index is 13.6. The molecule has 3 aromatic rings. The Morgan fingerprint density at radius 2 is 1.32 bits per heavy atom. The van der Waals surface area contributed by atoms with E-state index in [2.05, 4.69) is 4.90 Å². The maximum Gasteiger partial charge on any atom is 0.416 e. The van der Waals surface area contributed by atoms with Crippen molar-refractivity contribution in [2.75, 3.05) is 31.1 Å². The zero-order chi connectivity index (χ0) is 27.0. The summed E-state index contributed by atoms with van der Waals surface area (Å²) in [5, 5.41) is 0. The summed E-state index contributed by atoms with van der Waals surface area (Å²) in [5.74, 6) is -1.83. The Kier molecular flexibility index (Phi) is 7.02. The molecule has 0 spiro atoms. The third-order valence-electron chi connectivity index (χ3n) is 7.08. The molecule has 0 unspecified atom stereocenters. The van der Waals surface area contributed by atoms with Crippen molar-refractivity contribution in [2.45, 2.75) is 24.7 Å². The van der Waals surface area contributed by atoms with Gasteiger partial charge in [0, 0.05) is 26.2 Å².